The molecule has 31 heavy (non-hydrogen) atoms. The Balaban J connectivity index is 1.73. The molecule has 2 aromatic heterocycles. The van der Waals surface area contributed by atoms with Crippen LogP contribution in [0, 0.1) is 6.92 Å². The Morgan fingerprint density at radius 1 is 1.19 bits per heavy atom. The van der Waals surface area contributed by atoms with Crippen LogP contribution in [0.4, 0.5) is 11.6 Å². The van der Waals surface area contributed by atoms with Gasteiger partial charge in [-0.05, 0) is 37.3 Å². The molecule has 0 spiro atoms. The smallest absolute Gasteiger partial charge is 0.275 e. The molecule has 0 fully saturated rings. The van der Waals surface area contributed by atoms with Crippen LogP contribution in [0.2, 0.25) is 5.02 Å². The number of halogens is 1. The quantitative estimate of drug-likeness (QED) is 0.287. The van der Waals surface area contributed by atoms with E-state index in [0.717, 1.165) is 0 Å². The Labute approximate surface area is 188 Å². The topological polar surface area (TPSA) is 127 Å². The van der Waals surface area contributed by atoms with Crippen LogP contribution in [-0.2, 0) is 10.0 Å². The van der Waals surface area contributed by atoms with E-state index in [1.54, 1.807) is 19.1 Å². The number of nitrogens with zero attached hydrogens (tertiary/aromatic N) is 4. The molecule has 1 aromatic carbocycles. The van der Waals surface area contributed by atoms with E-state index >= 15 is 0 Å². The molecule has 0 aliphatic heterocycles. The first-order chi connectivity index (χ1) is 14.8. The van der Waals surface area contributed by atoms with Gasteiger partial charge in [0.2, 0.25) is 5.95 Å². The minimum absolute atomic E-state index is 0.0122. The minimum Gasteiger partial charge on any atom is -0.321 e. The van der Waals surface area contributed by atoms with Crippen molar-refractivity contribution in [1.82, 2.24) is 19.9 Å². The van der Waals surface area contributed by atoms with Gasteiger partial charge < -0.3 is 5.32 Å². The number of nitrogens with one attached hydrogen (secondary N) is 2. The second kappa shape index (κ2) is 9.86. The van der Waals surface area contributed by atoms with Crippen molar-refractivity contribution in [3.05, 3.63) is 71.8 Å². The third-order valence-electron chi connectivity index (χ3n) is 3.71. The molecular weight excluding hydrogens is 460 g/mol. The van der Waals surface area contributed by atoms with Crippen LogP contribution in [0.25, 0.3) is 0 Å². The predicted molar refractivity (Wildman–Crippen MR) is 120 cm³/mol. The molecule has 0 bridgehead atoms. The Kier molecular flexibility index (Phi) is 7.21. The van der Waals surface area contributed by atoms with Gasteiger partial charge in [-0.1, -0.05) is 29.4 Å². The zero-order valence-electron chi connectivity index (χ0n) is 16.2. The van der Waals surface area contributed by atoms with Gasteiger partial charge in [0.15, 0.2) is 10.9 Å². The average Bonchev–Trinajstić information content (AvgIpc) is 2.73. The number of hydrogen-bond donors (Lipinski definition) is 2. The molecule has 3 aromatic rings. The van der Waals surface area contributed by atoms with Crippen LogP contribution in [0.15, 0.2) is 65.4 Å². The average molecular weight is 477 g/mol. The highest BCUT2D eigenvalue weighted by atomic mass is 35.5. The number of benzene rings is 1. The summed E-state index contributed by atoms with van der Waals surface area (Å²) in [4.78, 5) is 28.7. The number of hydrogen-bond acceptors (Lipinski definition) is 8. The van der Waals surface area contributed by atoms with Gasteiger partial charge in [-0.25, -0.2) is 33.1 Å². The van der Waals surface area contributed by atoms with E-state index in [-0.39, 0.29) is 21.6 Å². The summed E-state index contributed by atoms with van der Waals surface area (Å²) in [6, 6.07) is 7.25. The highest BCUT2D eigenvalue weighted by Crippen LogP contribution is 2.21. The molecule has 0 saturated carbocycles. The Bertz CT molecular complexity index is 1220. The lowest BCUT2D eigenvalue weighted by Gasteiger charge is -2.09. The first-order valence-electron chi connectivity index (χ1n) is 8.78. The third kappa shape index (κ3) is 6.00. The van der Waals surface area contributed by atoms with Gasteiger partial charge in [0.25, 0.3) is 15.9 Å². The van der Waals surface area contributed by atoms with Crippen molar-refractivity contribution in [2.24, 2.45) is 0 Å². The molecule has 12 heteroatoms. The number of thioether (sulfide) groups is 1. The normalized spacial score (nSPS) is 11.0. The molecule has 0 saturated heterocycles. The highest BCUT2D eigenvalue weighted by Gasteiger charge is 2.18. The molecule has 160 valence electrons. The largest absolute Gasteiger partial charge is 0.321 e. The maximum atomic E-state index is 12.6. The van der Waals surface area contributed by atoms with Gasteiger partial charge in [0, 0.05) is 23.3 Å². The van der Waals surface area contributed by atoms with E-state index in [1.807, 2.05) is 0 Å². The summed E-state index contributed by atoms with van der Waals surface area (Å²) in [7, 11) is -3.89. The summed E-state index contributed by atoms with van der Waals surface area (Å²) in [6.07, 6.45) is 4.50. The van der Waals surface area contributed by atoms with Crippen molar-refractivity contribution in [2.75, 3.05) is 15.8 Å². The summed E-state index contributed by atoms with van der Waals surface area (Å²) in [5, 5.41) is 3.12. The summed E-state index contributed by atoms with van der Waals surface area (Å²) < 4.78 is 27.3. The van der Waals surface area contributed by atoms with Crippen LogP contribution >= 0.6 is 23.4 Å². The summed E-state index contributed by atoms with van der Waals surface area (Å²) in [5.74, 6) is 0.0101. The van der Waals surface area contributed by atoms with Gasteiger partial charge in [-0.3, -0.25) is 4.79 Å². The minimum atomic E-state index is -3.89. The molecule has 0 unspecified atom stereocenters. The van der Waals surface area contributed by atoms with Gasteiger partial charge >= 0.3 is 0 Å². The van der Waals surface area contributed by atoms with Crippen LogP contribution in [0.1, 0.15) is 16.2 Å². The molecule has 0 aliphatic carbocycles. The molecule has 9 nitrogen and oxygen atoms in total. The van der Waals surface area contributed by atoms with Gasteiger partial charge in [-0.15, -0.1) is 6.58 Å². The number of carbonyl (C=O) groups excluding carboxylic acids is 1. The van der Waals surface area contributed by atoms with E-state index in [4.69, 9.17) is 11.6 Å². The van der Waals surface area contributed by atoms with Gasteiger partial charge in [0.1, 0.15) is 0 Å². The van der Waals surface area contributed by atoms with E-state index in [0.29, 0.717) is 22.3 Å². The van der Waals surface area contributed by atoms with Crippen LogP contribution < -0.4 is 10.0 Å². The molecule has 3 rings (SSSR count). The highest BCUT2D eigenvalue weighted by molar-refractivity contribution is 7.99. The first-order valence-corrected chi connectivity index (χ1v) is 11.6. The Morgan fingerprint density at radius 2 is 1.94 bits per heavy atom. The fourth-order valence-corrected chi connectivity index (χ4v) is 3.98. The lowest BCUT2D eigenvalue weighted by Crippen LogP contribution is -2.16. The second-order valence-electron chi connectivity index (χ2n) is 6.05. The molecule has 2 N–H and O–H groups in total. The van der Waals surface area contributed by atoms with Gasteiger partial charge in [-0.2, -0.15) is 0 Å². The van der Waals surface area contributed by atoms with E-state index in [1.165, 1.54) is 48.4 Å². The van der Waals surface area contributed by atoms with Crippen molar-refractivity contribution < 1.29 is 13.2 Å². The molecule has 0 aliphatic rings. The summed E-state index contributed by atoms with van der Waals surface area (Å²) >= 11 is 7.36. The third-order valence-corrected chi connectivity index (χ3v) is 6.19. The van der Waals surface area contributed by atoms with Crippen LogP contribution in [0.3, 0.4) is 0 Å². The lowest BCUT2D eigenvalue weighted by atomic mass is 10.3. The monoisotopic (exact) mass is 476 g/mol. The maximum Gasteiger partial charge on any atom is 0.275 e. The second-order valence-corrected chi connectivity index (χ2v) is 9.13. The van der Waals surface area contributed by atoms with Crippen LogP contribution in [-0.4, -0.2) is 40.0 Å². The molecular formula is C19H17ClN6O3S2. The number of amides is 1. The van der Waals surface area contributed by atoms with Crippen molar-refractivity contribution >= 4 is 50.9 Å². The zero-order valence-corrected chi connectivity index (χ0v) is 18.6. The molecule has 2 heterocycles. The van der Waals surface area contributed by atoms with E-state index in [9.17, 15) is 13.2 Å². The Hall–Kier alpha value is -3.02. The van der Waals surface area contributed by atoms with E-state index in [2.05, 4.69) is 36.6 Å². The van der Waals surface area contributed by atoms with Crippen molar-refractivity contribution in [3.63, 3.8) is 0 Å². The number of carbonyl (C=O) groups is 1. The number of rotatable bonds is 8. The summed E-state index contributed by atoms with van der Waals surface area (Å²) in [5.41, 5.74) is 1.00. The fraction of sp³-hybridized carbons (Fsp3) is 0.105. The number of aromatic nitrogens is 4. The lowest BCUT2D eigenvalue weighted by molar-refractivity contribution is 0.102. The summed E-state index contributed by atoms with van der Waals surface area (Å²) in [6.45, 7) is 5.35. The number of sulfonamides is 1. The first kappa shape index (κ1) is 22.7. The van der Waals surface area contributed by atoms with Crippen molar-refractivity contribution in [2.45, 2.75) is 17.0 Å². The zero-order chi connectivity index (χ0) is 22.4. The molecule has 1 amide bonds. The predicted octanol–water partition coefficient (Wildman–Crippen LogP) is 3.56. The number of anilines is 2. The van der Waals surface area contributed by atoms with Crippen LogP contribution in [0.5, 0.6) is 0 Å². The Morgan fingerprint density at radius 3 is 2.61 bits per heavy atom. The molecule has 0 radical (unpaired) electrons. The molecule has 0 atom stereocenters. The van der Waals surface area contributed by atoms with Crippen molar-refractivity contribution in [1.29, 1.82) is 0 Å². The van der Waals surface area contributed by atoms with Crippen molar-refractivity contribution in [3.8, 4) is 0 Å². The van der Waals surface area contributed by atoms with E-state index < -0.39 is 15.9 Å². The van der Waals surface area contributed by atoms with Gasteiger partial charge in [0.05, 0.1) is 16.1 Å². The number of aryl methyl sites for hydroxylation is 1. The maximum absolute atomic E-state index is 12.6. The SMILES string of the molecule is C=CCSc1ncc(Cl)c(C(=O)Nc2ccc(S(=O)(=O)Nc3nccc(C)n3)cc2)n1. The fourth-order valence-electron chi connectivity index (χ4n) is 2.30. The standard InChI is InChI=1S/C19H17ClN6O3S2/c1-3-10-30-19-22-11-15(20)16(25-19)17(27)24-13-4-6-14(7-5-13)31(28,29)26-18-21-9-8-12(2)23-18/h3-9,11H,1,10H2,2H3,(H,24,27)(H,21,23,26).